The molecule has 0 spiro atoms. The molecule has 1 aromatic rings. The first-order valence-corrected chi connectivity index (χ1v) is 5.15. The highest BCUT2D eigenvalue weighted by molar-refractivity contribution is 5.46. The van der Waals surface area contributed by atoms with Gasteiger partial charge in [0.05, 0.1) is 6.17 Å². The standard InChI is InChI=1S/C12H20N2/c1-5-14(11(2)13(3)4)12-9-7-6-8-10-12/h6-11H,5H2,1-4H3. The summed E-state index contributed by atoms with van der Waals surface area (Å²) >= 11 is 0. The topological polar surface area (TPSA) is 6.48 Å². The lowest BCUT2D eigenvalue weighted by Gasteiger charge is -2.34. The fourth-order valence-corrected chi connectivity index (χ4v) is 1.56. The Bertz CT molecular complexity index is 256. The molecular formula is C12H20N2. The molecule has 2 heteroatoms. The first-order chi connectivity index (χ1) is 6.66. The lowest BCUT2D eigenvalue weighted by molar-refractivity contribution is 0.304. The lowest BCUT2D eigenvalue weighted by Crippen LogP contribution is -2.42. The van der Waals surface area contributed by atoms with Crippen LogP contribution in [0.3, 0.4) is 0 Å². The smallest absolute Gasteiger partial charge is 0.0787 e. The van der Waals surface area contributed by atoms with E-state index in [9.17, 15) is 0 Å². The maximum Gasteiger partial charge on any atom is 0.0787 e. The molecule has 0 heterocycles. The van der Waals surface area contributed by atoms with E-state index in [1.54, 1.807) is 0 Å². The van der Waals surface area contributed by atoms with Gasteiger partial charge in [0.15, 0.2) is 0 Å². The number of hydrogen-bond acceptors (Lipinski definition) is 2. The first kappa shape index (κ1) is 11.1. The van der Waals surface area contributed by atoms with Crippen molar-refractivity contribution in [3.63, 3.8) is 0 Å². The van der Waals surface area contributed by atoms with E-state index in [1.807, 2.05) is 0 Å². The molecule has 0 aromatic heterocycles. The minimum absolute atomic E-state index is 0.433. The highest BCUT2D eigenvalue weighted by atomic mass is 15.3. The number of hydrogen-bond donors (Lipinski definition) is 0. The third kappa shape index (κ3) is 2.48. The summed E-state index contributed by atoms with van der Waals surface area (Å²) in [6.45, 7) is 5.44. The number of nitrogens with zero attached hydrogens (tertiary/aromatic N) is 2. The van der Waals surface area contributed by atoms with E-state index in [0.717, 1.165) is 6.54 Å². The highest BCUT2D eigenvalue weighted by Crippen LogP contribution is 2.16. The molecule has 0 aliphatic heterocycles. The Balaban J connectivity index is 2.82. The molecule has 78 valence electrons. The Labute approximate surface area is 87.1 Å². The van der Waals surface area contributed by atoms with Crippen molar-refractivity contribution in [2.24, 2.45) is 0 Å². The van der Waals surface area contributed by atoms with Gasteiger partial charge in [-0.1, -0.05) is 18.2 Å². The van der Waals surface area contributed by atoms with E-state index in [2.05, 4.69) is 68.1 Å². The number of rotatable bonds is 4. The summed E-state index contributed by atoms with van der Waals surface area (Å²) in [5.74, 6) is 0. The van der Waals surface area contributed by atoms with Crippen molar-refractivity contribution in [1.29, 1.82) is 0 Å². The summed E-state index contributed by atoms with van der Waals surface area (Å²) in [5, 5.41) is 0. The van der Waals surface area contributed by atoms with Gasteiger partial charge in [0.25, 0.3) is 0 Å². The molecule has 1 aromatic carbocycles. The molecule has 0 fully saturated rings. The van der Waals surface area contributed by atoms with Crippen molar-refractivity contribution in [1.82, 2.24) is 4.90 Å². The van der Waals surface area contributed by atoms with Gasteiger partial charge in [-0.3, -0.25) is 4.90 Å². The minimum atomic E-state index is 0.433. The van der Waals surface area contributed by atoms with Crippen molar-refractivity contribution in [2.75, 3.05) is 25.5 Å². The van der Waals surface area contributed by atoms with Crippen LogP contribution in [-0.2, 0) is 0 Å². The largest absolute Gasteiger partial charge is 0.356 e. The van der Waals surface area contributed by atoms with Crippen LogP contribution in [0.25, 0.3) is 0 Å². The van der Waals surface area contributed by atoms with Crippen molar-refractivity contribution in [3.8, 4) is 0 Å². The van der Waals surface area contributed by atoms with Gasteiger partial charge in [0, 0.05) is 12.2 Å². The Kier molecular flexibility index (Phi) is 3.96. The number of para-hydroxylation sites is 1. The molecule has 0 saturated heterocycles. The quantitative estimate of drug-likeness (QED) is 0.676. The van der Waals surface area contributed by atoms with E-state index < -0.39 is 0 Å². The Hall–Kier alpha value is -1.02. The van der Waals surface area contributed by atoms with E-state index in [1.165, 1.54) is 5.69 Å². The number of benzene rings is 1. The van der Waals surface area contributed by atoms with Gasteiger partial charge in [0.1, 0.15) is 0 Å². The van der Waals surface area contributed by atoms with E-state index in [0.29, 0.717) is 6.17 Å². The molecular weight excluding hydrogens is 172 g/mol. The molecule has 0 saturated carbocycles. The van der Waals surface area contributed by atoms with Gasteiger partial charge in [-0.25, -0.2) is 0 Å². The molecule has 0 aliphatic rings. The van der Waals surface area contributed by atoms with Gasteiger partial charge < -0.3 is 4.90 Å². The summed E-state index contributed by atoms with van der Waals surface area (Å²) < 4.78 is 0. The molecule has 0 aliphatic carbocycles. The maximum absolute atomic E-state index is 2.38. The van der Waals surface area contributed by atoms with Crippen LogP contribution >= 0.6 is 0 Å². The zero-order valence-electron chi connectivity index (χ0n) is 9.57. The summed E-state index contributed by atoms with van der Waals surface area (Å²) in [4.78, 5) is 4.59. The Morgan fingerprint density at radius 2 is 1.71 bits per heavy atom. The fraction of sp³-hybridized carbons (Fsp3) is 0.500. The molecule has 2 nitrogen and oxygen atoms in total. The predicted octanol–water partition coefficient (Wildman–Crippen LogP) is 2.42. The van der Waals surface area contributed by atoms with Crippen molar-refractivity contribution in [3.05, 3.63) is 30.3 Å². The molecule has 0 amide bonds. The van der Waals surface area contributed by atoms with Gasteiger partial charge in [0.2, 0.25) is 0 Å². The molecule has 0 bridgehead atoms. The van der Waals surface area contributed by atoms with Crippen LogP contribution in [0.4, 0.5) is 5.69 Å². The second-order valence-electron chi connectivity index (χ2n) is 3.72. The van der Waals surface area contributed by atoms with Crippen LogP contribution in [0.15, 0.2) is 30.3 Å². The minimum Gasteiger partial charge on any atom is -0.356 e. The molecule has 14 heavy (non-hydrogen) atoms. The van der Waals surface area contributed by atoms with Crippen molar-refractivity contribution < 1.29 is 0 Å². The van der Waals surface area contributed by atoms with Crippen LogP contribution in [0.5, 0.6) is 0 Å². The highest BCUT2D eigenvalue weighted by Gasteiger charge is 2.13. The van der Waals surface area contributed by atoms with Gasteiger partial charge in [-0.15, -0.1) is 0 Å². The lowest BCUT2D eigenvalue weighted by atomic mass is 10.2. The zero-order valence-corrected chi connectivity index (χ0v) is 9.57. The van der Waals surface area contributed by atoms with E-state index >= 15 is 0 Å². The SMILES string of the molecule is CCN(c1ccccc1)C(C)N(C)C. The number of anilines is 1. The van der Waals surface area contributed by atoms with Crippen LogP contribution in [0, 0.1) is 0 Å². The Morgan fingerprint density at radius 1 is 1.14 bits per heavy atom. The van der Waals surface area contributed by atoms with Crippen LogP contribution in [0.1, 0.15) is 13.8 Å². The van der Waals surface area contributed by atoms with Crippen molar-refractivity contribution in [2.45, 2.75) is 20.0 Å². The third-order valence-electron chi connectivity index (χ3n) is 2.63. The predicted molar refractivity (Wildman–Crippen MR) is 62.6 cm³/mol. The van der Waals surface area contributed by atoms with Gasteiger partial charge in [-0.05, 0) is 40.1 Å². The zero-order chi connectivity index (χ0) is 10.6. The summed E-state index contributed by atoms with van der Waals surface area (Å²) in [7, 11) is 4.21. The fourth-order valence-electron chi connectivity index (χ4n) is 1.56. The van der Waals surface area contributed by atoms with Crippen LogP contribution < -0.4 is 4.90 Å². The van der Waals surface area contributed by atoms with Crippen LogP contribution in [-0.4, -0.2) is 31.7 Å². The van der Waals surface area contributed by atoms with Gasteiger partial charge >= 0.3 is 0 Å². The summed E-state index contributed by atoms with van der Waals surface area (Å²) in [6.07, 6.45) is 0.433. The normalized spacial score (nSPS) is 12.9. The molecule has 0 radical (unpaired) electrons. The molecule has 1 unspecified atom stereocenters. The molecule has 0 N–H and O–H groups in total. The van der Waals surface area contributed by atoms with Crippen LogP contribution in [0.2, 0.25) is 0 Å². The molecule has 1 rings (SSSR count). The molecule has 1 atom stereocenters. The van der Waals surface area contributed by atoms with Crippen molar-refractivity contribution >= 4 is 5.69 Å². The maximum atomic E-state index is 2.38. The van der Waals surface area contributed by atoms with Gasteiger partial charge in [-0.2, -0.15) is 0 Å². The monoisotopic (exact) mass is 192 g/mol. The Morgan fingerprint density at radius 3 is 2.14 bits per heavy atom. The third-order valence-corrected chi connectivity index (χ3v) is 2.63. The average Bonchev–Trinajstić information content (AvgIpc) is 2.20. The summed E-state index contributed by atoms with van der Waals surface area (Å²) in [6, 6.07) is 10.5. The summed E-state index contributed by atoms with van der Waals surface area (Å²) in [5.41, 5.74) is 1.29. The first-order valence-electron chi connectivity index (χ1n) is 5.15. The average molecular weight is 192 g/mol. The second kappa shape index (κ2) is 5.01. The van der Waals surface area contributed by atoms with E-state index in [4.69, 9.17) is 0 Å². The second-order valence-corrected chi connectivity index (χ2v) is 3.72. The van der Waals surface area contributed by atoms with E-state index in [-0.39, 0.29) is 0 Å².